The molecule has 11 unspecified atom stereocenters. The molecule has 16 nitrogen and oxygen atoms in total. The van der Waals surface area contributed by atoms with Crippen LogP contribution in [0.1, 0.15) is 86.7 Å². The number of furan rings is 1. The van der Waals surface area contributed by atoms with Gasteiger partial charge in [-0.1, -0.05) is 62.4 Å². The molecule has 3 fully saturated rings. The summed E-state index contributed by atoms with van der Waals surface area (Å²) in [7, 11) is 0. The molecule has 4 aliphatic rings. The van der Waals surface area contributed by atoms with E-state index >= 15 is 4.79 Å². The largest absolute Gasteiger partial charge is 0.472 e. The summed E-state index contributed by atoms with van der Waals surface area (Å²) >= 11 is 0. The molecule has 3 aliphatic carbocycles. The van der Waals surface area contributed by atoms with Gasteiger partial charge in [0.05, 0.1) is 47.5 Å². The Morgan fingerprint density at radius 1 is 0.885 bits per heavy atom. The summed E-state index contributed by atoms with van der Waals surface area (Å²) in [5.74, 6) is -6.97. The van der Waals surface area contributed by atoms with Crippen molar-refractivity contribution in [2.24, 2.45) is 16.7 Å². The van der Waals surface area contributed by atoms with Gasteiger partial charge in [-0.3, -0.25) is 19.2 Å². The molecule has 1 aromatic heterocycles. The molecule has 1 saturated heterocycles. The summed E-state index contributed by atoms with van der Waals surface area (Å²) in [5.41, 5.74) is -7.23. The first-order chi connectivity index (χ1) is 28.8. The number of benzene rings is 2. The maximum absolute atomic E-state index is 15.5. The van der Waals surface area contributed by atoms with Crippen LogP contribution in [0, 0.1) is 16.7 Å². The van der Waals surface area contributed by atoms with E-state index in [1.54, 1.807) is 62.4 Å². The van der Waals surface area contributed by atoms with Crippen LogP contribution in [-0.4, -0.2) is 105 Å². The van der Waals surface area contributed by atoms with Crippen molar-refractivity contribution in [3.05, 3.63) is 107 Å². The molecule has 11 atom stereocenters. The summed E-state index contributed by atoms with van der Waals surface area (Å²) in [6.45, 7) is 7.93. The van der Waals surface area contributed by atoms with Crippen LogP contribution in [0.4, 0.5) is 0 Å². The number of fused-ring (bicyclic) bond motifs is 5. The zero-order chi connectivity index (χ0) is 44.2. The number of ether oxygens (including phenoxy) is 5. The highest BCUT2D eigenvalue weighted by Gasteiger charge is 2.78. The fourth-order valence-electron chi connectivity index (χ4n) is 9.99. The Balaban J connectivity index is 1.39. The van der Waals surface area contributed by atoms with Crippen molar-refractivity contribution in [3.63, 3.8) is 0 Å². The van der Waals surface area contributed by atoms with Gasteiger partial charge < -0.3 is 48.7 Å². The number of Topliss-reactive ketones (excluding diaryl/α,β-unsaturated/α-hetero) is 1. The van der Waals surface area contributed by atoms with Gasteiger partial charge in [-0.05, 0) is 48.8 Å². The first kappa shape index (κ1) is 43.4. The fraction of sp³-hybridized carbons (Fsp3) is 0.467. The van der Waals surface area contributed by atoms with Crippen LogP contribution in [0.5, 0.6) is 0 Å². The quantitative estimate of drug-likeness (QED) is 0.130. The average Bonchev–Trinajstić information content (AvgIpc) is 3.77. The molecule has 3 aromatic rings. The summed E-state index contributed by atoms with van der Waals surface area (Å²) in [6.07, 6.45) is -8.10. The average molecular weight is 844 g/mol. The van der Waals surface area contributed by atoms with Crippen LogP contribution in [0.2, 0.25) is 0 Å². The molecule has 2 aromatic carbocycles. The third-order valence-corrected chi connectivity index (χ3v) is 13.2. The number of carbonyl (C=O) groups excluding carboxylic acids is 6. The van der Waals surface area contributed by atoms with Crippen molar-refractivity contribution in [1.82, 2.24) is 5.32 Å². The fourth-order valence-corrected chi connectivity index (χ4v) is 9.99. The maximum atomic E-state index is 15.5. The van der Waals surface area contributed by atoms with Gasteiger partial charge in [0.2, 0.25) is 0 Å². The van der Waals surface area contributed by atoms with Gasteiger partial charge in [-0.2, -0.15) is 0 Å². The molecule has 4 N–H and O–H groups in total. The molecule has 0 radical (unpaired) electrons. The van der Waals surface area contributed by atoms with Crippen LogP contribution in [0.15, 0.2) is 94.8 Å². The number of aliphatic hydroxyl groups is 3. The lowest BCUT2D eigenvalue weighted by Gasteiger charge is -2.67. The van der Waals surface area contributed by atoms with Crippen molar-refractivity contribution in [1.29, 1.82) is 0 Å². The first-order valence-corrected chi connectivity index (χ1v) is 19.9. The Kier molecular flexibility index (Phi) is 11.4. The number of ketones is 1. The highest BCUT2D eigenvalue weighted by atomic mass is 16.6. The number of hydrogen-bond donors (Lipinski definition) is 4. The SMILES string of the molecule is CC(=O)OC1C(=O)C2(C)C(O)CC3OCC3(OC(C)=O)C2C(OC(=O)c2ccccc2)C2(O)CC(OC(=O)C(O)C(NC(=O)c3ccoc3)c3ccccc3)C(C)=C1C2(C)C. The van der Waals surface area contributed by atoms with E-state index in [1.165, 1.54) is 44.6 Å². The third kappa shape index (κ3) is 7.14. The minimum atomic E-state index is -2.40. The van der Waals surface area contributed by atoms with E-state index in [-0.39, 0.29) is 35.3 Å². The lowest BCUT2D eigenvalue weighted by molar-refractivity contribution is -0.346. The number of amides is 1. The van der Waals surface area contributed by atoms with Crippen molar-refractivity contribution in [3.8, 4) is 0 Å². The van der Waals surface area contributed by atoms with Crippen LogP contribution in [0.25, 0.3) is 0 Å². The predicted molar refractivity (Wildman–Crippen MR) is 210 cm³/mol. The monoisotopic (exact) mass is 843 g/mol. The van der Waals surface area contributed by atoms with Gasteiger partial charge >= 0.3 is 23.9 Å². The van der Waals surface area contributed by atoms with Crippen LogP contribution >= 0.6 is 0 Å². The summed E-state index contributed by atoms with van der Waals surface area (Å²) in [4.78, 5) is 83.1. The topological polar surface area (TPSA) is 234 Å². The second-order valence-corrected chi connectivity index (χ2v) is 17.0. The zero-order valence-electron chi connectivity index (χ0n) is 34.5. The second kappa shape index (κ2) is 16.0. The Labute approximate surface area is 351 Å². The van der Waals surface area contributed by atoms with E-state index in [2.05, 4.69) is 5.32 Å². The molecular formula is C45H49NO15. The molecule has 61 heavy (non-hydrogen) atoms. The van der Waals surface area contributed by atoms with Crippen LogP contribution < -0.4 is 5.32 Å². The van der Waals surface area contributed by atoms with E-state index in [0.717, 1.165) is 13.8 Å². The van der Waals surface area contributed by atoms with Gasteiger partial charge in [0.15, 0.2) is 23.6 Å². The van der Waals surface area contributed by atoms with Crippen molar-refractivity contribution in [2.75, 3.05) is 6.61 Å². The molecule has 2 saturated carbocycles. The van der Waals surface area contributed by atoms with E-state index in [0.29, 0.717) is 5.56 Å². The van der Waals surface area contributed by atoms with Crippen LogP contribution in [-0.2, 0) is 42.9 Å². The summed E-state index contributed by atoms with van der Waals surface area (Å²) in [6, 6.07) is 16.0. The van der Waals surface area contributed by atoms with Gasteiger partial charge in [0.25, 0.3) is 5.91 Å². The maximum Gasteiger partial charge on any atom is 0.338 e. The summed E-state index contributed by atoms with van der Waals surface area (Å²) < 4.78 is 35.2. The molecule has 0 spiro atoms. The molecule has 324 valence electrons. The van der Waals surface area contributed by atoms with Crippen molar-refractivity contribution >= 4 is 35.6 Å². The number of hydrogen-bond acceptors (Lipinski definition) is 15. The molecule has 1 amide bonds. The molecule has 2 heterocycles. The Morgan fingerprint density at radius 2 is 1.54 bits per heavy atom. The Morgan fingerprint density at radius 3 is 2.11 bits per heavy atom. The lowest BCUT2D eigenvalue weighted by Crippen LogP contribution is -2.82. The van der Waals surface area contributed by atoms with Gasteiger partial charge in [0.1, 0.15) is 30.2 Å². The smallest absolute Gasteiger partial charge is 0.338 e. The first-order valence-electron chi connectivity index (χ1n) is 19.9. The number of esters is 4. The van der Waals surface area contributed by atoms with Gasteiger partial charge in [-0.25, -0.2) is 9.59 Å². The number of nitrogens with one attached hydrogen (secondary N) is 1. The zero-order valence-corrected chi connectivity index (χ0v) is 34.5. The van der Waals surface area contributed by atoms with E-state index in [1.807, 2.05) is 0 Å². The molecule has 1 aliphatic heterocycles. The van der Waals surface area contributed by atoms with E-state index in [4.69, 9.17) is 28.1 Å². The van der Waals surface area contributed by atoms with Gasteiger partial charge in [-0.15, -0.1) is 0 Å². The summed E-state index contributed by atoms with van der Waals surface area (Å²) in [5, 5.41) is 40.0. The molecule has 16 heteroatoms. The standard InChI is InChI=1S/C45H49NO15/c1-23-29(59-41(54)34(50)33(26-13-9-7-10-14-26)46-39(52)28-17-18-56-21-28)20-45(55)38(60-40(53)27-15-11-8-12-16-27)36-43(6,30(49)19-31-44(36,22-57-31)61-25(3)48)37(51)35(58-24(2)47)32(23)42(45,4)5/h7-18,21,29-31,33-36,38,49-50,55H,19-20,22H2,1-6H3,(H,46,52). The molecule has 2 bridgehead atoms. The van der Waals surface area contributed by atoms with Crippen LogP contribution in [0.3, 0.4) is 0 Å². The molecule has 7 rings (SSSR count). The Bertz CT molecular complexity index is 2240. The number of carbonyl (C=O) groups is 6. The molecular weight excluding hydrogens is 794 g/mol. The minimum absolute atomic E-state index is 0.0113. The Hall–Kier alpha value is -5.68. The van der Waals surface area contributed by atoms with E-state index < -0.39 is 113 Å². The van der Waals surface area contributed by atoms with Crippen molar-refractivity contribution in [2.45, 2.75) is 108 Å². The van der Waals surface area contributed by atoms with Crippen molar-refractivity contribution < 1.29 is 72.2 Å². The minimum Gasteiger partial charge on any atom is -0.472 e. The highest BCUT2D eigenvalue weighted by molar-refractivity contribution is 5.96. The normalized spacial score (nSPS) is 32.2. The second-order valence-electron chi connectivity index (χ2n) is 17.0. The number of rotatable bonds is 10. The lowest BCUT2D eigenvalue weighted by atomic mass is 9.44. The highest BCUT2D eigenvalue weighted by Crippen LogP contribution is 2.64. The van der Waals surface area contributed by atoms with Gasteiger partial charge in [0, 0.05) is 32.1 Å². The predicted octanol–water partition coefficient (Wildman–Crippen LogP) is 3.33. The number of aliphatic hydroxyl groups excluding tert-OH is 2. The third-order valence-electron chi connectivity index (χ3n) is 13.2. The van der Waals surface area contributed by atoms with E-state index in [9.17, 15) is 39.3 Å².